The van der Waals surface area contributed by atoms with Gasteiger partial charge in [0.05, 0.1) is 18.5 Å². The van der Waals surface area contributed by atoms with Crippen LogP contribution in [0.1, 0.15) is 49.6 Å². The number of esters is 1. The molecule has 0 amide bonds. The molecule has 2 heterocycles. The number of hydrogen-bond acceptors (Lipinski definition) is 6. The molecule has 0 aliphatic rings. The number of ether oxygens (including phenoxy) is 1. The predicted octanol–water partition coefficient (Wildman–Crippen LogP) is 2.31. The molecule has 2 aromatic rings. The number of nitrogens with zero attached hydrogens (tertiary/aromatic N) is 4. The van der Waals surface area contributed by atoms with Crippen LogP contribution in [0.3, 0.4) is 0 Å². The lowest BCUT2D eigenvalue weighted by Gasteiger charge is -2.23. The standard InChI is InChI=1S/C16H23N5O2/c1-6-23-15(22)14-19-12(16(2,3)4)7-13(20-14)21(5)10-11-8-17-18-9-11/h7-9H,6,10H2,1-5H3,(H,17,18). The van der Waals surface area contributed by atoms with Gasteiger partial charge in [-0.2, -0.15) is 5.10 Å². The summed E-state index contributed by atoms with van der Waals surface area (Å²) in [7, 11) is 1.91. The van der Waals surface area contributed by atoms with Crippen LogP contribution >= 0.6 is 0 Å². The summed E-state index contributed by atoms with van der Waals surface area (Å²) >= 11 is 0. The van der Waals surface area contributed by atoms with Crippen LogP contribution < -0.4 is 4.90 Å². The van der Waals surface area contributed by atoms with Crippen molar-refractivity contribution in [3.8, 4) is 0 Å². The summed E-state index contributed by atoms with van der Waals surface area (Å²) in [6.45, 7) is 8.82. The third-order valence-electron chi connectivity index (χ3n) is 3.30. The van der Waals surface area contributed by atoms with E-state index in [0.717, 1.165) is 11.3 Å². The zero-order valence-corrected chi connectivity index (χ0v) is 14.3. The minimum Gasteiger partial charge on any atom is -0.460 e. The Hall–Kier alpha value is -2.44. The molecule has 0 aliphatic heterocycles. The van der Waals surface area contributed by atoms with Crippen molar-refractivity contribution >= 4 is 11.8 Å². The van der Waals surface area contributed by atoms with Gasteiger partial charge in [0, 0.05) is 36.8 Å². The summed E-state index contributed by atoms with van der Waals surface area (Å²) in [5.41, 5.74) is 1.63. The topological polar surface area (TPSA) is 84.0 Å². The Kier molecular flexibility index (Phi) is 4.98. The van der Waals surface area contributed by atoms with Crippen LogP contribution in [0.25, 0.3) is 0 Å². The first-order valence-electron chi connectivity index (χ1n) is 7.56. The molecule has 124 valence electrons. The number of rotatable bonds is 5. The number of anilines is 1. The average molecular weight is 317 g/mol. The van der Waals surface area contributed by atoms with E-state index >= 15 is 0 Å². The Bertz CT molecular complexity index is 662. The number of carbonyl (C=O) groups excluding carboxylic acids is 1. The van der Waals surface area contributed by atoms with Gasteiger partial charge in [0.2, 0.25) is 5.82 Å². The highest BCUT2D eigenvalue weighted by Gasteiger charge is 2.22. The summed E-state index contributed by atoms with van der Waals surface area (Å²) in [5.74, 6) is 0.263. The van der Waals surface area contributed by atoms with Crippen LogP contribution in [0, 0.1) is 0 Å². The van der Waals surface area contributed by atoms with E-state index in [1.54, 1.807) is 13.1 Å². The molecule has 0 fully saturated rings. The van der Waals surface area contributed by atoms with E-state index < -0.39 is 5.97 Å². The van der Waals surface area contributed by atoms with Gasteiger partial charge in [-0.15, -0.1) is 0 Å². The first-order valence-corrected chi connectivity index (χ1v) is 7.56. The molecular formula is C16H23N5O2. The van der Waals surface area contributed by atoms with Gasteiger partial charge in [-0.05, 0) is 6.92 Å². The van der Waals surface area contributed by atoms with Gasteiger partial charge in [0.1, 0.15) is 5.82 Å². The molecule has 0 saturated carbocycles. The first-order chi connectivity index (χ1) is 10.8. The van der Waals surface area contributed by atoms with Gasteiger partial charge < -0.3 is 9.64 Å². The monoisotopic (exact) mass is 317 g/mol. The second-order valence-corrected chi connectivity index (χ2v) is 6.37. The van der Waals surface area contributed by atoms with Gasteiger partial charge in [0.25, 0.3) is 0 Å². The van der Waals surface area contributed by atoms with Crippen molar-refractivity contribution in [1.29, 1.82) is 0 Å². The number of carbonyl (C=O) groups is 1. The fourth-order valence-electron chi connectivity index (χ4n) is 2.02. The molecular weight excluding hydrogens is 294 g/mol. The Morgan fingerprint density at radius 2 is 2.09 bits per heavy atom. The van der Waals surface area contributed by atoms with Gasteiger partial charge in [0.15, 0.2) is 0 Å². The molecule has 0 atom stereocenters. The second-order valence-electron chi connectivity index (χ2n) is 6.37. The Morgan fingerprint density at radius 1 is 1.35 bits per heavy atom. The van der Waals surface area contributed by atoms with Crippen molar-refractivity contribution in [2.24, 2.45) is 0 Å². The van der Waals surface area contributed by atoms with Crippen molar-refractivity contribution in [2.45, 2.75) is 39.7 Å². The molecule has 7 nitrogen and oxygen atoms in total. The summed E-state index contributed by atoms with van der Waals surface area (Å²) in [6.07, 6.45) is 3.59. The Balaban J connectivity index is 2.37. The average Bonchev–Trinajstić information content (AvgIpc) is 2.99. The minimum absolute atomic E-state index is 0.0910. The summed E-state index contributed by atoms with van der Waals surface area (Å²) in [6, 6.07) is 1.91. The second kappa shape index (κ2) is 6.76. The molecule has 0 radical (unpaired) electrons. The smallest absolute Gasteiger partial charge is 0.376 e. The van der Waals surface area contributed by atoms with Gasteiger partial charge in [-0.3, -0.25) is 5.10 Å². The molecule has 0 bridgehead atoms. The fraction of sp³-hybridized carbons (Fsp3) is 0.500. The largest absolute Gasteiger partial charge is 0.460 e. The van der Waals surface area contributed by atoms with Gasteiger partial charge in [-0.25, -0.2) is 14.8 Å². The lowest BCUT2D eigenvalue weighted by molar-refractivity contribution is 0.0511. The normalized spacial score (nSPS) is 11.3. The highest BCUT2D eigenvalue weighted by atomic mass is 16.5. The lowest BCUT2D eigenvalue weighted by atomic mass is 9.92. The Labute approximate surface area is 136 Å². The molecule has 0 aliphatic carbocycles. The zero-order valence-electron chi connectivity index (χ0n) is 14.3. The highest BCUT2D eigenvalue weighted by molar-refractivity contribution is 5.85. The third-order valence-corrected chi connectivity index (χ3v) is 3.30. The van der Waals surface area contributed by atoms with E-state index in [9.17, 15) is 4.79 Å². The van der Waals surface area contributed by atoms with E-state index in [2.05, 4.69) is 20.2 Å². The quantitative estimate of drug-likeness (QED) is 0.852. The maximum Gasteiger partial charge on any atom is 0.376 e. The fourth-order valence-corrected chi connectivity index (χ4v) is 2.02. The number of H-pyrrole nitrogens is 1. The molecule has 7 heteroatoms. The van der Waals surface area contributed by atoms with Gasteiger partial charge >= 0.3 is 5.97 Å². The van der Waals surface area contributed by atoms with Crippen LogP contribution in [0.2, 0.25) is 0 Å². The number of nitrogens with one attached hydrogen (secondary N) is 1. The summed E-state index contributed by atoms with van der Waals surface area (Å²) in [5, 5.41) is 6.72. The van der Waals surface area contributed by atoms with Crippen LogP contribution in [0.4, 0.5) is 5.82 Å². The minimum atomic E-state index is -0.503. The van der Waals surface area contributed by atoms with Crippen LogP contribution in [0.5, 0.6) is 0 Å². The molecule has 23 heavy (non-hydrogen) atoms. The third kappa shape index (κ3) is 4.28. The van der Waals surface area contributed by atoms with E-state index in [0.29, 0.717) is 19.0 Å². The zero-order chi connectivity index (χ0) is 17.0. The molecule has 0 spiro atoms. The van der Waals surface area contributed by atoms with Crippen molar-refractivity contribution in [1.82, 2.24) is 20.2 Å². The predicted molar refractivity (Wildman–Crippen MR) is 87.4 cm³/mol. The number of aromatic nitrogens is 4. The van der Waals surface area contributed by atoms with Crippen molar-refractivity contribution < 1.29 is 9.53 Å². The molecule has 1 N–H and O–H groups in total. The molecule has 0 saturated heterocycles. The molecule has 0 unspecified atom stereocenters. The van der Waals surface area contributed by atoms with E-state index in [4.69, 9.17) is 4.74 Å². The van der Waals surface area contributed by atoms with Gasteiger partial charge in [-0.1, -0.05) is 20.8 Å². The maximum absolute atomic E-state index is 12.0. The van der Waals surface area contributed by atoms with E-state index in [1.807, 2.05) is 45.0 Å². The van der Waals surface area contributed by atoms with Crippen molar-refractivity contribution in [3.05, 3.63) is 35.5 Å². The van der Waals surface area contributed by atoms with Crippen LogP contribution in [-0.2, 0) is 16.7 Å². The Morgan fingerprint density at radius 3 is 2.65 bits per heavy atom. The first kappa shape index (κ1) is 16.9. The van der Waals surface area contributed by atoms with Crippen molar-refractivity contribution in [2.75, 3.05) is 18.6 Å². The van der Waals surface area contributed by atoms with E-state index in [-0.39, 0.29) is 11.2 Å². The molecule has 2 aromatic heterocycles. The highest BCUT2D eigenvalue weighted by Crippen LogP contribution is 2.24. The lowest BCUT2D eigenvalue weighted by Crippen LogP contribution is -2.23. The maximum atomic E-state index is 12.0. The molecule has 2 rings (SSSR count). The molecule has 0 aromatic carbocycles. The number of aromatic amines is 1. The van der Waals surface area contributed by atoms with Crippen LogP contribution in [-0.4, -0.2) is 39.8 Å². The van der Waals surface area contributed by atoms with Crippen LogP contribution in [0.15, 0.2) is 18.5 Å². The number of hydrogen-bond donors (Lipinski definition) is 1. The SMILES string of the molecule is CCOC(=O)c1nc(N(C)Cc2cn[nH]c2)cc(C(C)(C)C)n1. The van der Waals surface area contributed by atoms with Crippen molar-refractivity contribution in [3.63, 3.8) is 0 Å². The van der Waals surface area contributed by atoms with E-state index in [1.165, 1.54) is 0 Å². The summed E-state index contributed by atoms with van der Waals surface area (Å²) in [4.78, 5) is 22.7. The summed E-state index contributed by atoms with van der Waals surface area (Å²) < 4.78 is 5.04.